The highest BCUT2D eigenvalue weighted by Crippen LogP contribution is 2.19. The second-order valence-corrected chi connectivity index (χ2v) is 5.14. The van der Waals surface area contributed by atoms with Crippen LogP contribution in [0.4, 0.5) is 15.8 Å². The quantitative estimate of drug-likeness (QED) is 0.504. The minimum absolute atomic E-state index is 0.0940. The van der Waals surface area contributed by atoms with E-state index in [1.165, 1.54) is 23.7 Å². The van der Waals surface area contributed by atoms with E-state index in [-0.39, 0.29) is 22.1 Å². The van der Waals surface area contributed by atoms with Gasteiger partial charge in [-0.1, -0.05) is 11.6 Å². The van der Waals surface area contributed by atoms with Gasteiger partial charge < -0.3 is 14.6 Å². The van der Waals surface area contributed by atoms with Crippen LogP contribution < -0.4 is 5.32 Å². The highest BCUT2D eigenvalue weighted by atomic mass is 35.5. The number of aryl methyl sites for hydroxylation is 1. The van der Waals surface area contributed by atoms with Crippen molar-refractivity contribution in [2.75, 3.05) is 11.9 Å². The van der Waals surface area contributed by atoms with Crippen molar-refractivity contribution in [2.24, 2.45) is 7.05 Å². The van der Waals surface area contributed by atoms with E-state index in [0.717, 1.165) is 18.3 Å². The molecule has 0 aliphatic heterocycles. The predicted molar refractivity (Wildman–Crippen MR) is 82.4 cm³/mol. The maximum atomic E-state index is 13.5. The molecule has 24 heavy (non-hydrogen) atoms. The maximum absolute atomic E-state index is 13.5. The normalized spacial score (nSPS) is 10.3. The Morgan fingerprint density at radius 3 is 2.75 bits per heavy atom. The summed E-state index contributed by atoms with van der Waals surface area (Å²) in [5, 5.41) is 13.1. The summed E-state index contributed by atoms with van der Waals surface area (Å²) in [6.45, 7) is -0.691. The monoisotopic (exact) mass is 355 g/mol. The van der Waals surface area contributed by atoms with E-state index in [1.54, 1.807) is 0 Å². The number of carbonyl (C=O) groups is 2. The summed E-state index contributed by atoms with van der Waals surface area (Å²) in [5.41, 5.74) is -0.531. The molecule has 10 heteroatoms. The van der Waals surface area contributed by atoms with Gasteiger partial charge in [-0.05, 0) is 18.2 Å². The third-order valence-corrected chi connectivity index (χ3v) is 3.18. The zero-order chi connectivity index (χ0) is 17.9. The number of amides is 1. The highest BCUT2D eigenvalue weighted by Gasteiger charge is 2.19. The molecule has 8 nitrogen and oxygen atoms in total. The lowest BCUT2D eigenvalue weighted by atomic mass is 10.3. The summed E-state index contributed by atoms with van der Waals surface area (Å²) in [7, 11) is 1.42. The van der Waals surface area contributed by atoms with Gasteiger partial charge in [-0.3, -0.25) is 14.9 Å². The standard InChI is InChI=1S/C14H11ClFN3O5/c1-18-6-9(19(22)23)5-12(18)14(21)24-7-13(20)17-11-4-8(15)2-3-10(11)16/h2-6H,7H2,1H3,(H,17,20). The Kier molecular flexibility index (Phi) is 5.14. The summed E-state index contributed by atoms with van der Waals surface area (Å²) in [4.78, 5) is 33.5. The van der Waals surface area contributed by atoms with Crippen LogP contribution in [0.15, 0.2) is 30.5 Å². The molecule has 0 unspecified atom stereocenters. The molecule has 0 aliphatic carbocycles. The summed E-state index contributed by atoms with van der Waals surface area (Å²) < 4.78 is 19.4. The van der Waals surface area contributed by atoms with E-state index in [1.807, 2.05) is 0 Å². The average Bonchev–Trinajstić information content (AvgIpc) is 2.91. The predicted octanol–water partition coefficient (Wildman–Crippen LogP) is 2.52. The minimum atomic E-state index is -0.924. The molecular weight excluding hydrogens is 345 g/mol. The molecule has 1 aromatic heterocycles. The molecule has 1 amide bonds. The van der Waals surface area contributed by atoms with Crippen LogP contribution in [-0.2, 0) is 16.6 Å². The van der Waals surface area contributed by atoms with Crippen LogP contribution in [-0.4, -0.2) is 28.0 Å². The molecule has 0 spiro atoms. The number of nitrogens with zero attached hydrogens (tertiary/aromatic N) is 2. The summed E-state index contributed by atoms with van der Waals surface area (Å²) in [5.74, 6) is -2.40. The third kappa shape index (κ3) is 4.07. The average molecular weight is 356 g/mol. The van der Waals surface area contributed by atoms with Gasteiger partial charge in [0.25, 0.3) is 11.6 Å². The molecule has 0 fully saturated rings. The lowest BCUT2D eigenvalue weighted by Crippen LogP contribution is -2.22. The molecular formula is C14H11ClFN3O5. The van der Waals surface area contributed by atoms with E-state index in [4.69, 9.17) is 16.3 Å². The highest BCUT2D eigenvalue weighted by molar-refractivity contribution is 6.30. The number of carbonyl (C=O) groups excluding carboxylic acids is 2. The Hall–Kier alpha value is -2.94. The number of hydrogen-bond acceptors (Lipinski definition) is 5. The number of nitro groups is 1. The molecule has 0 saturated carbocycles. The lowest BCUT2D eigenvalue weighted by Gasteiger charge is -2.08. The first-order chi connectivity index (χ1) is 11.3. The molecule has 1 aromatic carbocycles. The van der Waals surface area contributed by atoms with Crippen LogP contribution in [0.2, 0.25) is 5.02 Å². The van der Waals surface area contributed by atoms with Crippen LogP contribution >= 0.6 is 11.6 Å². The Morgan fingerprint density at radius 1 is 1.42 bits per heavy atom. The first-order valence-corrected chi connectivity index (χ1v) is 6.88. The largest absolute Gasteiger partial charge is 0.451 e. The van der Waals surface area contributed by atoms with Crippen molar-refractivity contribution in [3.8, 4) is 0 Å². The van der Waals surface area contributed by atoms with Crippen molar-refractivity contribution in [3.63, 3.8) is 0 Å². The fourth-order valence-electron chi connectivity index (χ4n) is 1.83. The van der Waals surface area contributed by atoms with Crippen molar-refractivity contribution < 1.29 is 23.6 Å². The van der Waals surface area contributed by atoms with Crippen LogP contribution in [0.5, 0.6) is 0 Å². The van der Waals surface area contributed by atoms with Crippen molar-refractivity contribution in [2.45, 2.75) is 0 Å². The Labute approximate surface area is 139 Å². The molecule has 0 atom stereocenters. The SMILES string of the molecule is Cn1cc([N+](=O)[O-])cc1C(=O)OCC(=O)Nc1cc(Cl)ccc1F. The number of halogens is 2. The van der Waals surface area contributed by atoms with Gasteiger partial charge in [0, 0.05) is 18.1 Å². The first kappa shape index (κ1) is 17.4. The second kappa shape index (κ2) is 7.09. The Balaban J connectivity index is 1.97. The van der Waals surface area contributed by atoms with E-state index in [2.05, 4.69) is 5.32 Å². The van der Waals surface area contributed by atoms with Gasteiger partial charge in [-0.15, -0.1) is 0 Å². The topological polar surface area (TPSA) is 103 Å². The summed E-state index contributed by atoms with van der Waals surface area (Å²) in [6, 6.07) is 4.62. The van der Waals surface area contributed by atoms with Crippen LogP contribution in [0, 0.1) is 15.9 Å². The zero-order valence-corrected chi connectivity index (χ0v) is 13.0. The van der Waals surface area contributed by atoms with Crippen LogP contribution in [0.1, 0.15) is 10.5 Å². The molecule has 2 rings (SSSR count). The number of ether oxygens (including phenoxy) is 1. The van der Waals surface area contributed by atoms with Crippen molar-refractivity contribution >= 4 is 34.9 Å². The van der Waals surface area contributed by atoms with Crippen LogP contribution in [0.3, 0.4) is 0 Å². The van der Waals surface area contributed by atoms with E-state index in [0.29, 0.717) is 0 Å². The van der Waals surface area contributed by atoms with Gasteiger partial charge in [-0.2, -0.15) is 0 Å². The van der Waals surface area contributed by atoms with Gasteiger partial charge >= 0.3 is 5.97 Å². The Morgan fingerprint density at radius 2 is 2.12 bits per heavy atom. The molecule has 0 aliphatic rings. The number of benzene rings is 1. The number of anilines is 1. The number of rotatable bonds is 5. The van der Waals surface area contributed by atoms with E-state index >= 15 is 0 Å². The smallest absolute Gasteiger partial charge is 0.355 e. The maximum Gasteiger partial charge on any atom is 0.355 e. The van der Waals surface area contributed by atoms with Crippen molar-refractivity contribution in [1.82, 2.24) is 4.57 Å². The number of nitrogens with one attached hydrogen (secondary N) is 1. The molecule has 126 valence electrons. The third-order valence-electron chi connectivity index (χ3n) is 2.95. The fraction of sp³-hybridized carbons (Fsp3) is 0.143. The van der Waals surface area contributed by atoms with Gasteiger partial charge in [-0.25, -0.2) is 9.18 Å². The molecule has 2 aromatic rings. The van der Waals surface area contributed by atoms with E-state index < -0.39 is 29.2 Å². The molecule has 0 radical (unpaired) electrons. The Bertz CT molecular complexity index is 821. The summed E-state index contributed by atoms with van der Waals surface area (Å²) >= 11 is 5.69. The van der Waals surface area contributed by atoms with Gasteiger partial charge in [0.15, 0.2) is 6.61 Å². The molecule has 1 N–H and O–H groups in total. The molecule has 0 bridgehead atoms. The minimum Gasteiger partial charge on any atom is -0.451 e. The number of hydrogen-bond donors (Lipinski definition) is 1. The van der Waals surface area contributed by atoms with Crippen molar-refractivity contribution in [3.05, 3.63) is 57.1 Å². The second-order valence-electron chi connectivity index (χ2n) is 4.70. The van der Waals surface area contributed by atoms with Gasteiger partial charge in [0.05, 0.1) is 16.8 Å². The van der Waals surface area contributed by atoms with Crippen molar-refractivity contribution in [1.29, 1.82) is 0 Å². The number of aromatic nitrogens is 1. The van der Waals surface area contributed by atoms with E-state index in [9.17, 15) is 24.1 Å². The fourth-order valence-corrected chi connectivity index (χ4v) is 2.01. The van der Waals surface area contributed by atoms with Gasteiger partial charge in [0.1, 0.15) is 11.5 Å². The van der Waals surface area contributed by atoms with Gasteiger partial charge in [0.2, 0.25) is 0 Å². The molecule has 0 saturated heterocycles. The number of esters is 1. The summed E-state index contributed by atoms with van der Waals surface area (Å²) in [6.07, 6.45) is 1.14. The zero-order valence-electron chi connectivity index (χ0n) is 12.3. The first-order valence-electron chi connectivity index (χ1n) is 6.50. The van der Waals surface area contributed by atoms with Crippen LogP contribution in [0.25, 0.3) is 0 Å². The lowest BCUT2D eigenvalue weighted by molar-refractivity contribution is -0.384. The molecule has 1 heterocycles.